The summed E-state index contributed by atoms with van der Waals surface area (Å²) in [6.07, 6.45) is 0.987. The predicted molar refractivity (Wildman–Crippen MR) is 59.0 cm³/mol. The van der Waals surface area contributed by atoms with Gasteiger partial charge in [-0.2, -0.15) is 0 Å². The Hall–Kier alpha value is -1.06. The zero-order chi connectivity index (χ0) is 10.7. The maximum atomic E-state index is 6.01. The fraction of sp³-hybridized carbons (Fsp3) is 0.500. The number of benzene rings is 1. The lowest BCUT2D eigenvalue weighted by Gasteiger charge is -2.29. The Morgan fingerprint density at radius 3 is 3.13 bits per heavy atom. The third-order valence-electron chi connectivity index (χ3n) is 2.87. The zero-order valence-corrected chi connectivity index (χ0v) is 8.98. The fourth-order valence-electron chi connectivity index (χ4n) is 1.95. The third kappa shape index (κ3) is 2.30. The van der Waals surface area contributed by atoms with E-state index in [1.54, 1.807) is 7.11 Å². The van der Waals surface area contributed by atoms with Crippen LogP contribution >= 0.6 is 0 Å². The van der Waals surface area contributed by atoms with E-state index in [1.165, 1.54) is 5.56 Å². The number of nitrogens with two attached hydrogens (primary N) is 1. The van der Waals surface area contributed by atoms with Crippen molar-refractivity contribution in [1.29, 1.82) is 0 Å². The molecule has 0 saturated carbocycles. The van der Waals surface area contributed by atoms with Crippen LogP contribution in [0, 0.1) is 5.92 Å². The number of hydrogen-bond donors (Lipinski definition) is 1. The molecule has 2 rings (SSSR count). The molecule has 1 aliphatic rings. The summed E-state index contributed by atoms with van der Waals surface area (Å²) in [4.78, 5) is 0. The Balaban J connectivity index is 2.05. The molecule has 2 N–H and O–H groups in total. The number of fused-ring (bicyclic) bond motifs is 1. The normalized spacial score (nSPS) is 21.6. The Morgan fingerprint density at radius 2 is 2.33 bits per heavy atom. The maximum Gasteiger partial charge on any atom is 0.122 e. The Morgan fingerprint density at radius 1 is 1.53 bits per heavy atom. The van der Waals surface area contributed by atoms with Crippen LogP contribution in [0.15, 0.2) is 24.3 Å². The number of methoxy groups -OCH3 is 1. The van der Waals surface area contributed by atoms with E-state index in [-0.39, 0.29) is 6.04 Å². The van der Waals surface area contributed by atoms with Gasteiger partial charge in [-0.1, -0.05) is 18.2 Å². The van der Waals surface area contributed by atoms with Crippen molar-refractivity contribution in [3.63, 3.8) is 0 Å². The average molecular weight is 207 g/mol. The molecule has 2 atom stereocenters. The highest BCUT2D eigenvalue weighted by Crippen LogP contribution is 2.27. The summed E-state index contributed by atoms with van der Waals surface area (Å²) < 4.78 is 10.7. The molecule has 0 fully saturated rings. The molecule has 2 unspecified atom stereocenters. The summed E-state index contributed by atoms with van der Waals surface area (Å²) in [5.74, 6) is 1.36. The van der Waals surface area contributed by atoms with Crippen LogP contribution in [0.2, 0.25) is 0 Å². The van der Waals surface area contributed by atoms with Crippen LogP contribution < -0.4 is 10.5 Å². The van der Waals surface area contributed by atoms with Gasteiger partial charge in [0.25, 0.3) is 0 Å². The molecule has 82 valence electrons. The average Bonchev–Trinajstić information content (AvgIpc) is 2.29. The van der Waals surface area contributed by atoms with Crippen LogP contribution in [0.3, 0.4) is 0 Å². The first kappa shape index (κ1) is 10.5. The van der Waals surface area contributed by atoms with Crippen molar-refractivity contribution in [3.8, 4) is 5.75 Å². The van der Waals surface area contributed by atoms with Gasteiger partial charge in [0.15, 0.2) is 0 Å². The number of para-hydroxylation sites is 1. The van der Waals surface area contributed by atoms with Crippen LogP contribution in [-0.4, -0.2) is 26.4 Å². The van der Waals surface area contributed by atoms with Crippen molar-refractivity contribution >= 4 is 0 Å². The first-order valence-electron chi connectivity index (χ1n) is 5.26. The molecule has 3 heteroatoms. The summed E-state index contributed by atoms with van der Waals surface area (Å²) in [6.45, 7) is 1.29. The molecule has 15 heavy (non-hydrogen) atoms. The maximum absolute atomic E-state index is 6.01. The fourth-order valence-corrected chi connectivity index (χ4v) is 1.95. The minimum Gasteiger partial charge on any atom is -0.493 e. The van der Waals surface area contributed by atoms with Crippen molar-refractivity contribution in [2.75, 3.05) is 20.3 Å². The summed E-state index contributed by atoms with van der Waals surface area (Å²) in [5, 5.41) is 0. The molecule has 0 radical (unpaired) electrons. The molecule has 1 aliphatic heterocycles. The second-order valence-corrected chi connectivity index (χ2v) is 4.00. The van der Waals surface area contributed by atoms with Crippen molar-refractivity contribution in [1.82, 2.24) is 0 Å². The van der Waals surface area contributed by atoms with Gasteiger partial charge in [0.05, 0.1) is 13.2 Å². The molecule has 0 bridgehead atoms. The second-order valence-electron chi connectivity index (χ2n) is 4.00. The molecule has 1 aromatic rings. The third-order valence-corrected chi connectivity index (χ3v) is 2.87. The Kier molecular flexibility index (Phi) is 3.23. The smallest absolute Gasteiger partial charge is 0.122 e. The molecule has 0 spiro atoms. The van der Waals surface area contributed by atoms with E-state index in [9.17, 15) is 0 Å². The van der Waals surface area contributed by atoms with Gasteiger partial charge in [-0.25, -0.2) is 0 Å². The van der Waals surface area contributed by atoms with Gasteiger partial charge in [0.1, 0.15) is 5.75 Å². The molecule has 3 nitrogen and oxygen atoms in total. The van der Waals surface area contributed by atoms with E-state index in [1.807, 2.05) is 18.2 Å². The van der Waals surface area contributed by atoms with E-state index >= 15 is 0 Å². The SMILES string of the molecule is COCC(N)C1COc2ccccc2C1. The van der Waals surface area contributed by atoms with Crippen LogP contribution in [0.4, 0.5) is 0 Å². The highest BCUT2D eigenvalue weighted by Gasteiger charge is 2.24. The van der Waals surface area contributed by atoms with Gasteiger partial charge in [-0.05, 0) is 18.1 Å². The van der Waals surface area contributed by atoms with Gasteiger partial charge < -0.3 is 15.2 Å². The molecular weight excluding hydrogens is 190 g/mol. The summed E-state index contributed by atoms with van der Waals surface area (Å²) in [7, 11) is 1.68. The van der Waals surface area contributed by atoms with Crippen molar-refractivity contribution in [2.45, 2.75) is 12.5 Å². The van der Waals surface area contributed by atoms with Crippen molar-refractivity contribution < 1.29 is 9.47 Å². The second kappa shape index (κ2) is 4.64. The lowest BCUT2D eigenvalue weighted by atomic mass is 9.91. The highest BCUT2D eigenvalue weighted by atomic mass is 16.5. The van der Waals surface area contributed by atoms with Gasteiger partial charge in [-0.3, -0.25) is 0 Å². The molecular formula is C12H17NO2. The van der Waals surface area contributed by atoms with Crippen LogP contribution in [0.1, 0.15) is 5.56 Å². The standard InChI is InChI=1S/C12H17NO2/c1-14-8-11(13)10-6-9-4-2-3-5-12(9)15-7-10/h2-5,10-11H,6-8,13H2,1H3. The predicted octanol–water partition coefficient (Wildman–Crippen LogP) is 1.21. The van der Waals surface area contributed by atoms with Gasteiger partial charge >= 0.3 is 0 Å². The van der Waals surface area contributed by atoms with Gasteiger partial charge in [-0.15, -0.1) is 0 Å². The van der Waals surface area contributed by atoms with E-state index in [0.29, 0.717) is 19.1 Å². The zero-order valence-electron chi connectivity index (χ0n) is 8.98. The van der Waals surface area contributed by atoms with E-state index in [4.69, 9.17) is 15.2 Å². The van der Waals surface area contributed by atoms with E-state index < -0.39 is 0 Å². The molecule has 1 aromatic carbocycles. The molecule has 1 heterocycles. The number of ether oxygens (including phenoxy) is 2. The first-order valence-corrected chi connectivity index (χ1v) is 5.26. The van der Waals surface area contributed by atoms with E-state index in [0.717, 1.165) is 12.2 Å². The summed E-state index contributed by atoms with van der Waals surface area (Å²) >= 11 is 0. The topological polar surface area (TPSA) is 44.5 Å². The largest absolute Gasteiger partial charge is 0.493 e. The molecule has 0 saturated heterocycles. The lowest BCUT2D eigenvalue weighted by molar-refractivity contribution is 0.124. The first-order chi connectivity index (χ1) is 7.31. The van der Waals surface area contributed by atoms with Crippen LogP contribution in [0.25, 0.3) is 0 Å². The lowest BCUT2D eigenvalue weighted by Crippen LogP contribution is -2.40. The summed E-state index contributed by atoms with van der Waals surface area (Å²) in [5.41, 5.74) is 7.26. The van der Waals surface area contributed by atoms with Gasteiger partial charge in [0.2, 0.25) is 0 Å². The highest BCUT2D eigenvalue weighted by molar-refractivity contribution is 5.35. The number of hydrogen-bond acceptors (Lipinski definition) is 3. The van der Waals surface area contributed by atoms with Crippen molar-refractivity contribution in [2.24, 2.45) is 11.7 Å². The number of rotatable bonds is 3. The monoisotopic (exact) mass is 207 g/mol. The molecule has 0 amide bonds. The van der Waals surface area contributed by atoms with Crippen LogP contribution in [-0.2, 0) is 11.2 Å². The minimum atomic E-state index is 0.0587. The quantitative estimate of drug-likeness (QED) is 0.810. The Bertz CT molecular complexity index is 327. The molecule has 0 aromatic heterocycles. The Labute approximate surface area is 90.2 Å². The van der Waals surface area contributed by atoms with Crippen molar-refractivity contribution in [3.05, 3.63) is 29.8 Å². The minimum absolute atomic E-state index is 0.0587. The van der Waals surface area contributed by atoms with Crippen LogP contribution in [0.5, 0.6) is 5.75 Å². The van der Waals surface area contributed by atoms with E-state index in [2.05, 4.69) is 6.07 Å². The van der Waals surface area contributed by atoms with Gasteiger partial charge in [0, 0.05) is 19.1 Å². The summed E-state index contributed by atoms with van der Waals surface area (Å²) in [6, 6.07) is 8.19. The molecule has 0 aliphatic carbocycles.